The number of ether oxygens (including phenoxy) is 1. The summed E-state index contributed by atoms with van der Waals surface area (Å²) in [5.74, 6) is 0. The maximum atomic E-state index is 12.4. The van der Waals surface area contributed by atoms with Crippen molar-refractivity contribution in [2.75, 3.05) is 41.8 Å². The number of morpholine rings is 1. The largest absolute Gasteiger partial charge is 0.378 e. The average Bonchev–Trinajstić information content (AvgIpc) is 2.55. The van der Waals surface area contributed by atoms with Gasteiger partial charge in [0, 0.05) is 18.8 Å². The monoisotopic (exact) mass is 325 g/mol. The molecule has 2 amide bonds. The predicted molar refractivity (Wildman–Crippen MR) is 98.0 cm³/mol. The van der Waals surface area contributed by atoms with Crippen LogP contribution in [0.25, 0.3) is 0 Å². The van der Waals surface area contributed by atoms with Gasteiger partial charge in [-0.05, 0) is 49.2 Å². The highest BCUT2D eigenvalue weighted by molar-refractivity contribution is 6.01. The number of para-hydroxylation sites is 2. The molecular formula is C19H23N3O2. The number of amides is 2. The summed E-state index contributed by atoms with van der Waals surface area (Å²) >= 11 is 0. The van der Waals surface area contributed by atoms with Gasteiger partial charge in [-0.1, -0.05) is 18.2 Å². The Labute approximate surface area is 142 Å². The zero-order chi connectivity index (χ0) is 16.9. The topological polar surface area (TPSA) is 53.6 Å². The maximum absolute atomic E-state index is 12.4. The van der Waals surface area contributed by atoms with Crippen molar-refractivity contribution < 1.29 is 9.53 Å². The maximum Gasteiger partial charge on any atom is 0.323 e. The standard InChI is InChI=1S/C19H23N3O2/c1-14-11-15(2)13-16(12-14)20-19(23)21-17-5-3-4-6-18(17)22-7-9-24-10-8-22/h3-6,11-13H,7-10H2,1-2H3,(H2,20,21,23). The number of nitrogens with zero attached hydrogens (tertiary/aromatic N) is 1. The number of carbonyl (C=O) groups excluding carboxylic acids is 1. The van der Waals surface area contributed by atoms with Crippen molar-refractivity contribution >= 4 is 23.1 Å². The second kappa shape index (κ2) is 7.36. The molecule has 0 saturated carbocycles. The fraction of sp³-hybridized carbons (Fsp3) is 0.316. The Kier molecular flexibility index (Phi) is 5.01. The molecular weight excluding hydrogens is 302 g/mol. The molecule has 1 fully saturated rings. The second-order valence-electron chi connectivity index (χ2n) is 6.07. The van der Waals surface area contributed by atoms with Crippen LogP contribution in [0.1, 0.15) is 11.1 Å². The van der Waals surface area contributed by atoms with Crippen LogP contribution < -0.4 is 15.5 Å². The summed E-state index contributed by atoms with van der Waals surface area (Å²) in [7, 11) is 0. The molecule has 0 aliphatic carbocycles. The van der Waals surface area contributed by atoms with Crippen molar-refractivity contribution in [2.24, 2.45) is 0 Å². The second-order valence-corrected chi connectivity index (χ2v) is 6.07. The van der Waals surface area contributed by atoms with E-state index in [0.717, 1.165) is 41.3 Å². The first-order valence-electron chi connectivity index (χ1n) is 8.20. The van der Waals surface area contributed by atoms with E-state index in [2.05, 4.69) is 21.6 Å². The summed E-state index contributed by atoms with van der Waals surface area (Å²) in [5.41, 5.74) is 4.88. The van der Waals surface area contributed by atoms with E-state index < -0.39 is 0 Å². The van der Waals surface area contributed by atoms with E-state index >= 15 is 0 Å². The van der Waals surface area contributed by atoms with Gasteiger partial charge >= 0.3 is 6.03 Å². The highest BCUT2D eigenvalue weighted by Crippen LogP contribution is 2.26. The van der Waals surface area contributed by atoms with E-state index in [4.69, 9.17) is 4.74 Å². The summed E-state index contributed by atoms with van der Waals surface area (Å²) in [4.78, 5) is 14.6. The number of hydrogen-bond acceptors (Lipinski definition) is 3. The summed E-state index contributed by atoms with van der Waals surface area (Å²) in [5, 5.41) is 5.87. The van der Waals surface area contributed by atoms with Crippen molar-refractivity contribution in [3.05, 3.63) is 53.6 Å². The number of carbonyl (C=O) groups is 1. The lowest BCUT2D eigenvalue weighted by atomic mass is 10.1. The predicted octanol–water partition coefficient (Wildman–Crippen LogP) is 3.78. The van der Waals surface area contributed by atoms with Crippen LogP contribution in [-0.2, 0) is 4.74 Å². The lowest BCUT2D eigenvalue weighted by molar-refractivity contribution is 0.123. The minimum atomic E-state index is -0.235. The van der Waals surface area contributed by atoms with Crippen LogP contribution in [-0.4, -0.2) is 32.3 Å². The SMILES string of the molecule is Cc1cc(C)cc(NC(=O)Nc2ccccc2N2CCOCC2)c1. The molecule has 5 heteroatoms. The van der Waals surface area contributed by atoms with Gasteiger partial charge in [-0.15, -0.1) is 0 Å². The quantitative estimate of drug-likeness (QED) is 0.903. The van der Waals surface area contributed by atoms with Gasteiger partial charge in [-0.2, -0.15) is 0 Å². The number of rotatable bonds is 3. The van der Waals surface area contributed by atoms with Crippen LogP contribution in [0, 0.1) is 13.8 Å². The Morgan fingerprint density at radius 3 is 2.38 bits per heavy atom. The van der Waals surface area contributed by atoms with Gasteiger partial charge in [-0.25, -0.2) is 4.79 Å². The summed E-state index contributed by atoms with van der Waals surface area (Å²) in [6.45, 7) is 7.12. The number of benzene rings is 2. The number of hydrogen-bond donors (Lipinski definition) is 2. The summed E-state index contributed by atoms with van der Waals surface area (Å²) in [6, 6.07) is 13.6. The molecule has 0 aromatic heterocycles. The first kappa shape index (κ1) is 16.3. The van der Waals surface area contributed by atoms with Gasteiger partial charge in [0.05, 0.1) is 24.6 Å². The molecule has 0 spiro atoms. The summed E-state index contributed by atoms with van der Waals surface area (Å²) < 4.78 is 5.40. The van der Waals surface area contributed by atoms with Gasteiger partial charge in [0.15, 0.2) is 0 Å². The Morgan fingerprint density at radius 2 is 1.67 bits per heavy atom. The molecule has 0 atom stereocenters. The van der Waals surface area contributed by atoms with Gasteiger partial charge in [0.25, 0.3) is 0 Å². The van der Waals surface area contributed by atoms with E-state index in [1.807, 2.05) is 50.2 Å². The van der Waals surface area contributed by atoms with Crippen LogP contribution in [0.4, 0.5) is 21.9 Å². The minimum Gasteiger partial charge on any atom is -0.378 e. The minimum absolute atomic E-state index is 0.235. The number of aryl methyl sites for hydroxylation is 2. The van der Waals surface area contributed by atoms with Crippen LogP contribution in [0.2, 0.25) is 0 Å². The van der Waals surface area contributed by atoms with Crippen molar-refractivity contribution in [1.82, 2.24) is 0 Å². The van der Waals surface area contributed by atoms with E-state index in [1.165, 1.54) is 0 Å². The highest BCUT2D eigenvalue weighted by atomic mass is 16.5. The Balaban J connectivity index is 1.72. The molecule has 5 nitrogen and oxygen atoms in total. The van der Waals surface area contributed by atoms with Gasteiger partial charge < -0.3 is 20.3 Å². The van der Waals surface area contributed by atoms with E-state index in [1.54, 1.807) is 0 Å². The molecule has 3 rings (SSSR count). The molecule has 0 bridgehead atoms. The molecule has 2 N–H and O–H groups in total. The van der Waals surface area contributed by atoms with Gasteiger partial charge in [-0.3, -0.25) is 0 Å². The van der Waals surface area contributed by atoms with E-state index in [9.17, 15) is 4.79 Å². The lowest BCUT2D eigenvalue weighted by Gasteiger charge is -2.30. The average molecular weight is 325 g/mol. The molecule has 126 valence electrons. The fourth-order valence-corrected chi connectivity index (χ4v) is 2.99. The third-order valence-corrected chi connectivity index (χ3v) is 3.98. The highest BCUT2D eigenvalue weighted by Gasteiger charge is 2.15. The molecule has 1 heterocycles. The third kappa shape index (κ3) is 4.06. The number of nitrogens with one attached hydrogen (secondary N) is 2. The molecule has 0 radical (unpaired) electrons. The van der Waals surface area contributed by atoms with Crippen LogP contribution in [0.5, 0.6) is 0 Å². The fourth-order valence-electron chi connectivity index (χ4n) is 2.99. The normalized spacial score (nSPS) is 14.3. The van der Waals surface area contributed by atoms with Crippen LogP contribution in [0.3, 0.4) is 0 Å². The van der Waals surface area contributed by atoms with Crippen molar-refractivity contribution in [3.8, 4) is 0 Å². The third-order valence-electron chi connectivity index (χ3n) is 3.98. The molecule has 1 aliphatic rings. The zero-order valence-corrected chi connectivity index (χ0v) is 14.1. The lowest BCUT2D eigenvalue weighted by Crippen LogP contribution is -2.37. The summed E-state index contributed by atoms with van der Waals surface area (Å²) in [6.07, 6.45) is 0. The number of urea groups is 1. The van der Waals surface area contributed by atoms with Gasteiger partial charge in [0.1, 0.15) is 0 Å². The van der Waals surface area contributed by atoms with Crippen LogP contribution in [0.15, 0.2) is 42.5 Å². The Bertz CT molecular complexity index is 704. The molecule has 24 heavy (non-hydrogen) atoms. The first-order valence-corrected chi connectivity index (χ1v) is 8.20. The number of anilines is 3. The van der Waals surface area contributed by atoms with E-state index in [-0.39, 0.29) is 6.03 Å². The molecule has 2 aromatic carbocycles. The van der Waals surface area contributed by atoms with Crippen molar-refractivity contribution in [2.45, 2.75) is 13.8 Å². The van der Waals surface area contributed by atoms with Crippen molar-refractivity contribution in [3.63, 3.8) is 0 Å². The zero-order valence-electron chi connectivity index (χ0n) is 14.1. The molecule has 1 aliphatic heterocycles. The Morgan fingerprint density at radius 1 is 1.00 bits per heavy atom. The molecule has 2 aromatic rings. The first-order chi connectivity index (χ1) is 11.6. The smallest absolute Gasteiger partial charge is 0.323 e. The van der Waals surface area contributed by atoms with E-state index in [0.29, 0.717) is 13.2 Å². The molecule has 1 saturated heterocycles. The molecule has 0 unspecified atom stereocenters. The Hall–Kier alpha value is -2.53. The van der Waals surface area contributed by atoms with Crippen LogP contribution >= 0.6 is 0 Å². The van der Waals surface area contributed by atoms with Gasteiger partial charge in [0.2, 0.25) is 0 Å². The van der Waals surface area contributed by atoms with Crippen molar-refractivity contribution in [1.29, 1.82) is 0 Å².